The zero-order valence-electron chi connectivity index (χ0n) is 16.4. The summed E-state index contributed by atoms with van der Waals surface area (Å²) in [6, 6.07) is 0. The maximum absolute atomic E-state index is 5.71. The first-order chi connectivity index (χ1) is 10.9. The van der Waals surface area contributed by atoms with E-state index in [1.807, 2.05) is 0 Å². The van der Waals surface area contributed by atoms with E-state index in [0.29, 0.717) is 0 Å². The van der Waals surface area contributed by atoms with E-state index in [1.54, 1.807) is 0 Å². The lowest BCUT2D eigenvalue weighted by molar-refractivity contribution is 0.143. The van der Waals surface area contributed by atoms with Crippen molar-refractivity contribution in [2.24, 2.45) is 0 Å². The molecular weight excluding hydrogens is 280 g/mol. The highest BCUT2D eigenvalue weighted by molar-refractivity contribution is 5.03. The summed E-state index contributed by atoms with van der Waals surface area (Å²) >= 11 is 0. The molecule has 0 saturated carbocycles. The molecule has 0 atom stereocenters. The van der Waals surface area contributed by atoms with Crippen molar-refractivity contribution >= 4 is 0 Å². The van der Waals surface area contributed by atoms with Gasteiger partial charge in [0.15, 0.2) is 0 Å². The third kappa shape index (κ3) is 17.1. The normalized spacial score (nSPS) is 12.3. The molecule has 0 aromatic carbocycles. The molecule has 0 saturated heterocycles. The van der Waals surface area contributed by atoms with E-state index in [0.717, 1.165) is 38.9 Å². The van der Waals surface area contributed by atoms with E-state index in [9.17, 15) is 0 Å². The molecule has 0 bridgehead atoms. The smallest absolute Gasteiger partial charge is 0.0500 e. The Labute approximate surface area is 145 Å². The molecule has 0 heterocycles. The van der Waals surface area contributed by atoms with Crippen molar-refractivity contribution in [1.29, 1.82) is 0 Å². The van der Waals surface area contributed by atoms with Crippen LogP contribution in [0.3, 0.4) is 0 Å². The highest BCUT2D eigenvalue weighted by atomic mass is 16.5. The van der Waals surface area contributed by atoms with E-state index < -0.39 is 0 Å². The van der Waals surface area contributed by atoms with Gasteiger partial charge in [-0.05, 0) is 80.1 Å². The molecule has 0 fully saturated rings. The maximum Gasteiger partial charge on any atom is 0.0500 e. The average Bonchev–Trinajstić information content (AvgIpc) is 2.45. The number of allylic oxidation sites excluding steroid dienone is 6. The molecule has 0 radical (unpaired) electrons. The largest absolute Gasteiger partial charge is 0.381 e. The summed E-state index contributed by atoms with van der Waals surface area (Å²) in [5.41, 5.74) is 5.76. The quantitative estimate of drug-likeness (QED) is 0.274. The van der Waals surface area contributed by atoms with E-state index in [-0.39, 0.29) is 0 Å². The average molecular weight is 319 g/mol. The molecule has 0 aromatic rings. The van der Waals surface area contributed by atoms with E-state index >= 15 is 0 Å². The van der Waals surface area contributed by atoms with Gasteiger partial charge < -0.3 is 4.74 Å². The van der Waals surface area contributed by atoms with Crippen molar-refractivity contribution in [2.45, 2.75) is 80.1 Å². The van der Waals surface area contributed by atoms with Gasteiger partial charge in [-0.1, -0.05) is 46.6 Å². The van der Waals surface area contributed by atoms with Crippen molar-refractivity contribution in [2.75, 3.05) is 13.2 Å². The second-order valence-corrected chi connectivity index (χ2v) is 6.93. The molecule has 0 aliphatic rings. The van der Waals surface area contributed by atoms with Gasteiger partial charge in [-0.3, -0.25) is 0 Å². The molecular formula is C22H38O. The van der Waals surface area contributed by atoms with Crippen molar-refractivity contribution in [3.63, 3.8) is 0 Å². The SMILES string of the molecule is CC(C)=CCC/C(C)=C/CCOCC/C=C(\C)CCC=C(C)C. The minimum atomic E-state index is 0.838. The molecule has 23 heavy (non-hydrogen) atoms. The second kappa shape index (κ2) is 14.5. The number of hydrogen-bond donors (Lipinski definition) is 0. The number of hydrogen-bond acceptors (Lipinski definition) is 1. The molecule has 1 heteroatoms. The lowest BCUT2D eigenvalue weighted by Gasteiger charge is -2.03. The van der Waals surface area contributed by atoms with Gasteiger partial charge in [0.25, 0.3) is 0 Å². The fourth-order valence-corrected chi connectivity index (χ4v) is 2.26. The van der Waals surface area contributed by atoms with Gasteiger partial charge in [0, 0.05) is 0 Å². The van der Waals surface area contributed by atoms with Gasteiger partial charge in [-0.25, -0.2) is 0 Å². The Morgan fingerprint density at radius 3 is 1.30 bits per heavy atom. The van der Waals surface area contributed by atoms with Gasteiger partial charge in [-0.15, -0.1) is 0 Å². The highest BCUT2D eigenvalue weighted by Crippen LogP contribution is 2.09. The highest BCUT2D eigenvalue weighted by Gasteiger charge is 1.92. The van der Waals surface area contributed by atoms with Crippen LogP contribution in [-0.2, 0) is 4.74 Å². The predicted molar refractivity (Wildman–Crippen MR) is 105 cm³/mol. The monoisotopic (exact) mass is 318 g/mol. The Balaban J connectivity index is 3.64. The van der Waals surface area contributed by atoms with Crippen LogP contribution in [0.15, 0.2) is 46.6 Å². The fourth-order valence-electron chi connectivity index (χ4n) is 2.26. The molecule has 0 unspecified atom stereocenters. The summed E-state index contributed by atoms with van der Waals surface area (Å²) < 4.78 is 5.71. The standard InChI is InChI=1S/C22H38O/c1-19(2)11-7-13-21(5)15-9-17-23-18-10-16-22(6)14-8-12-20(3)4/h11-12,15-16H,7-10,13-14,17-18H2,1-6H3/b21-15+,22-16+. The van der Waals surface area contributed by atoms with Crippen LogP contribution >= 0.6 is 0 Å². The van der Waals surface area contributed by atoms with E-state index in [2.05, 4.69) is 65.8 Å². The Bertz CT molecular complexity index is 373. The zero-order valence-corrected chi connectivity index (χ0v) is 16.4. The Morgan fingerprint density at radius 2 is 0.957 bits per heavy atom. The number of ether oxygens (including phenoxy) is 1. The van der Waals surface area contributed by atoms with E-state index in [1.165, 1.54) is 35.1 Å². The van der Waals surface area contributed by atoms with Crippen molar-refractivity contribution in [1.82, 2.24) is 0 Å². The molecule has 0 aliphatic heterocycles. The first kappa shape index (κ1) is 21.9. The van der Waals surface area contributed by atoms with Crippen molar-refractivity contribution < 1.29 is 4.74 Å². The first-order valence-electron chi connectivity index (χ1n) is 9.07. The predicted octanol–water partition coefficient (Wildman–Crippen LogP) is 7.17. The van der Waals surface area contributed by atoms with Crippen LogP contribution in [-0.4, -0.2) is 13.2 Å². The molecule has 0 spiro atoms. The minimum Gasteiger partial charge on any atom is -0.381 e. The topological polar surface area (TPSA) is 9.23 Å². The Hall–Kier alpha value is -1.08. The van der Waals surface area contributed by atoms with Gasteiger partial charge in [0.1, 0.15) is 0 Å². The molecule has 0 N–H and O–H groups in total. The maximum atomic E-state index is 5.71. The fraction of sp³-hybridized carbons (Fsp3) is 0.636. The number of rotatable bonds is 12. The molecule has 0 aromatic heterocycles. The van der Waals surface area contributed by atoms with Crippen LogP contribution in [0.25, 0.3) is 0 Å². The van der Waals surface area contributed by atoms with Crippen LogP contribution in [0.1, 0.15) is 80.1 Å². The van der Waals surface area contributed by atoms with Gasteiger partial charge >= 0.3 is 0 Å². The lowest BCUT2D eigenvalue weighted by Crippen LogP contribution is -1.95. The zero-order chi connectivity index (χ0) is 17.5. The third-order valence-electron chi connectivity index (χ3n) is 3.69. The summed E-state index contributed by atoms with van der Waals surface area (Å²) in [6.45, 7) is 14.7. The lowest BCUT2D eigenvalue weighted by atomic mass is 10.1. The summed E-state index contributed by atoms with van der Waals surface area (Å²) in [5, 5.41) is 0. The molecule has 0 amide bonds. The second-order valence-electron chi connectivity index (χ2n) is 6.93. The van der Waals surface area contributed by atoms with Crippen LogP contribution in [0, 0.1) is 0 Å². The Morgan fingerprint density at radius 1 is 0.565 bits per heavy atom. The summed E-state index contributed by atoms with van der Waals surface area (Å²) in [4.78, 5) is 0. The summed E-state index contributed by atoms with van der Waals surface area (Å²) in [5.74, 6) is 0. The van der Waals surface area contributed by atoms with Crippen LogP contribution < -0.4 is 0 Å². The van der Waals surface area contributed by atoms with Crippen LogP contribution in [0.4, 0.5) is 0 Å². The summed E-state index contributed by atoms with van der Waals surface area (Å²) in [7, 11) is 0. The van der Waals surface area contributed by atoms with Crippen LogP contribution in [0.5, 0.6) is 0 Å². The van der Waals surface area contributed by atoms with E-state index in [4.69, 9.17) is 4.74 Å². The molecule has 0 rings (SSSR count). The summed E-state index contributed by atoms with van der Waals surface area (Å²) in [6.07, 6.45) is 16.0. The van der Waals surface area contributed by atoms with Crippen molar-refractivity contribution in [3.05, 3.63) is 46.6 Å². The van der Waals surface area contributed by atoms with Crippen LogP contribution in [0.2, 0.25) is 0 Å². The molecule has 132 valence electrons. The van der Waals surface area contributed by atoms with Crippen molar-refractivity contribution in [3.8, 4) is 0 Å². The third-order valence-corrected chi connectivity index (χ3v) is 3.69. The molecule has 0 aliphatic carbocycles. The van der Waals surface area contributed by atoms with Gasteiger partial charge in [0.2, 0.25) is 0 Å². The van der Waals surface area contributed by atoms with Gasteiger partial charge in [0.05, 0.1) is 13.2 Å². The van der Waals surface area contributed by atoms with Gasteiger partial charge in [-0.2, -0.15) is 0 Å². The first-order valence-corrected chi connectivity index (χ1v) is 9.07. The molecule has 1 nitrogen and oxygen atoms in total. The minimum absolute atomic E-state index is 0.838. The Kier molecular flexibility index (Phi) is 13.8.